The number of benzene rings is 1. The second-order valence-corrected chi connectivity index (χ2v) is 4.99. The van der Waals surface area contributed by atoms with Crippen LogP contribution in [0.4, 0.5) is 10.5 Å². The first-order chi connectivity index (χ1) is 9.90. The highest BCUT2D eigenvalue weighted by atomic mass is 35.5. The first-order valence-corrected chi connectivity index (χ1v) is 6.66. The molecule has 1 aromatic carbocycles. The van der Waals surface area contributed by atoms with Crippen molar-refractivity contribution in [3.05, 3.63) is 28.8 Å². The molecule has 1 fully saturated rings. The van der Waals surface area contributed by atoms with Gasteiger partial charge in [0.15, 0.2) is 0 Å². The van der Waals surface area contributed by atoms with Crippen LogP contribution in [0.1, 0.15) is 17.3 Å². The van der Waals surface area contributed by atoms with E-state index in [9.17, 15) is 14.4 Å². The number of anilines is 1. The number of nitrogens with one attached hydrogen (secondary N) is 2. The molecule has 0 saturated carbocycles. The van der Waals surface area contributed by atoms with Crippen LogP contribution in [0.2, 0.25) is 5.02 Å². The number of urea groups is 1. The average Bonchev–Trinajstić information content (AvgIpc) is 2.85. The summed E-state index contributed by atoms with van der Waals surface area (Å²) in [5.41, 5.74) is 0.657. The topological polar surface area (TPSA) is 98.7 Å². The number of hydrogen-bond acceptors (Lipinski definition) is 3. The van der Waals surface area contributed by atoms with Gasteiger partial charge in [-0.05, 0) is 25.1 Å². The number of halogens is 1. The molecule has 8 heteroatoms. The van der Waals surface area contributed by atoms with Crippen LogP contribution in [0.25, 0.3) is 0 Å². The van der Waals surface area contributed by atoms with Gasteiger partial charge in [0.05, 0.1) is 10.6 Å². The molecule has 1 unspecified atom stereocenters. The number of carbonyl (C=O) groups excluding carboxylic acids is 2. The van der Waals surface area contributed by atoms with Gasteiger partial charge < -0.3 is 15.7 Å². The van der Waals surface area contributed by atoms with Gasteiger partial charge in [0.25, 0.3) is 5.91 Å². The molecule has 1 heterocycles. The maximum Gasteiger partial charge on any atom is 0.325 e. The third kappa shape index (κ3) is 3.25. The third-order valence-electron chi connectivity index (χ3n) is 3.08. The lowest BCUT2D eigenvalue weighted by Gasteiger charge is -2.16. The van der Waals surface area contributed by atoms with E-state index in [4.69, 9.17) is 16.7 Å². The fourth-order valence-electron chi connectivity index (χ4n) is 1.91. The SMILES string of the molecule is CC(NC(=O)c1cc(N2CCNC2=O)ccc1Cl)C(=O)O. The Hall–Kier alpha value is -2.28. The molecule has 1 saturated heterocycles. The van der Waals surface area contributed by atoms with Gasteiger partial charge in [-0.3, -0.25) is 14.5 Å². The van der Waals surface area contributed by atoms with E-state index in [1.807, 2.05) is 0 Å². The number of hydrogen-bond donors (Lipinski definition) is 3. The molecule has 0 spiro atoms. The first kappa shape index (κ1) is 15.1. The van der Waals surface area contributed by atoms with Crippen LogP contribution < -0.4 is 15.5 Å². The normalized spacial score (nSPS) is 15.5. The maximum absolute atomic E-state index is 12.1. The highest BCUT2D eigenvalue weighted by Gasteiger charge is 2.23. The van der Waals surface area contributed by atoms with E-state index in [0.717, 1.165) is 0 Å². The molecule has 1 aromatic rings. The summed E-state index contributed by atoms with van der Waals surface area (Å²) in [6.07, 6.45) is 0. The molecule has 21 heavy (non-hydrogen) atoms. The zero-order valence-electron chi connectivity index (χ0n) is 11.2. The Labute approximate surface area is 125 Å². The van der Waals surface area contributed by atoms with Crippen molar-refractivity contribution in [2.75, 3.05) is 18.0 Å². The second-order valence-electron chi connectivity index (χ2n) is 4.58. The smallest absolute Gasteiger partial charge is 0.325 e. The van der Waals surface area contributed by atoms with Crippen LogP contribution in [-0.4, -0.2) is 42.1 Å². The average molecular weight is 312 g/mol. The minimum absolute atomic E-state index is 0.127. The van der Waals surface area contributed by atoms with Crippen molar-refractivity contribution in [1.29, 1.82) is 0 Å². The summed E-state index contributed by atoms with van der Waals surface area (Å²) in [5, 5.41) is 14.0. The zero-order chi connectivity index (χ0) is 15.6. The number of amides is 3. The first-order valence-electron chi connectivity index (χ1n) is 6.28. The van der Waals surface area contributed by atoms with Gasteiger partial charge in [-0.1, -0.05) is 11.6 Å². The Bertz CT molecular complexity index is 605. The third-order valence-corrected chi connectivity index (χ3v) is 3.41. The summed E-state index contributed by atoms with van der Waals surface area (Å²) in [4.78, 5) is 35.9. The maximum atomic E-state index is 12.1. The van der Waals surface area contributed by atoms with E-state index in [1.165, 1.54) is 24.0 Å². The van der Waals surface area contributed by atoms with Crippen LogP contribution >= 0.6 is 11.6 Å². The predicted octanol–water partition coefficient (Wildman–Crippen LogP) is 1.07. The van der Waals surface area contributed by atoms with E-state index < -0.39 is 17.9 Å². The van der Waals surface area contributed by atoms with Gasteiger partial charge in [0, 0.05) is 18.8 Å². The molecule has 1 aliphatic heterocycles. The van der Waals surface area contributed by atoms with E-state index in [2.05, 4.69) is 10.6 Å². The summed E-state index contributed by atoms with van der Waals surface area (Å²) in [7, 11) is 0. The molecule has 0 bridgehead atoms. The second kappa shape index (κ2) is 6.01. The Morgan fingerprint density at radius 1 is 1.48 bits per heavy atom. The van der Waals surface area contributed by atoms with Crippen LogP contribution in [0.15, 0.2) is 18.2 Å². The van der Waals surface area contributed by atoms with Crippen LogP contribution in [-0.2, 0) is 4.79 Å². The zero-order valence-corrected chi connectivity index (χ0v) is 12.0. The molecule has 0 aliphatic carbocycles. The lowest BCUT2D eigenvalue weighted by molar-refractivity contribution is -0.138. The van der Waals surface area contributed by atoms with Crippen LogP contribution in [0, 0.1) is 0 Å². The monoisotopic (exact) mass is 311 g/mol. The molecule has 0 aromatic heterocycles. The van der Waals surface area contributed by atoms with Crippen molar-refractivity contribution in [2.45, 2.75) is 13.0 Å². The predicted molar refractivity (Wildman–Crippen MR) is 76.8 cm³/mol. The minimum atomic E-state index is -1.14. The fourth-order valence-corrected chi connectivity index (χ4v) is 2.11. The van der Waals surface area contributed by atoms with Crippen LogP contribution in [0.5, 0.6) is 0 Å². The molecule has 3 amide bonds. The fraction of sp³-hybridized carbons (Fsp3) is 0.308. The van der Waals surface area contributed by atoms with Crippen LogP contribution in [0.3, 0.4) is 0 Å². The molecule has 112 valence electrons. The number of rotatable bonds is 4. The van der Waals surface area contributed by atoms with Gasteiger partial charge >= 0.3 is 12.0 Å². The minimum Gasteiger partial charge on any atom is -0.480 e. The number of carbonyl (C=O) groups is 3. The van der Waals surface area contributed by atoms with Crippen molar-refractivity contribution in [3.63, 3.8) is 0 Å². The molecule has 0 radical (unpaired) electrons. The Morgan fingerprint density at radius 3 is 2.76 bits per heavy atom. The largest absolute Gasteiger partial charge is 0.480 e. The molecule has 1 aliphatic rings. The van der Waals surface area contributed by atoms with E-state index in [0.29, 0.717) is 18.8 Å². The number of carboxylic acids is 1. The van der Waals surface area contributed by atoms with Gasteiger partial charge in [-0.25, -0.2) is 4.79 Å². The summed E-state index contributed by atoms with van der Waals surface area (Å²) < 4.78 is 0. The number of aliphatic carboxylic acids is 1. The molecular weight excluding hydrogens is 298 g/mol. The highest BCUT2D eigenvalue weighted by Crippen LogP contribution is 2.24. The Kier molecular flexibility index (Phi) is 4.32. The summed E-state index contributed by atoms with van der Waals surface area (Å²) in [5.74, 6) is -1.74. The standard InChI is InChI=1S/C13H14ClN3O4/c1-7(12(19)20)16-11(18)9-6-8(2-3-10(9)14)17-5-4-15-13(17)21/h2-3,6-7H,4-5H2,1H3,(H,15,21)(H,16,18)(H,19,20). The molecule has 1 atom stereocenters. The van der Waals surface area contributed by atoms with E-state index >= 15 is 0 Å². The van der Waals surface area contributed by atoms with Gasteiger partial charge in [0.1, 0.15) is 6.04 Å². The van der Waals surface area contributed by atoms with Crippen molar-refractivity contribution in [2.24, 2.45) is 0 Å². The van der Waals surface area contributed by atoms with Gasteiger partial charge in [-0.2, -0.15) is 0 Å². The van der Waals surface area contributed by atoms with Crippen molar-refractivity contribution < 1.29 is 19.5 Å². The Balaban J connectivity index is 2.25. The van der Waals surface area contributed by atoms with Crippen molar-refractivity contribution in [3.8, 4) is 0 Å². The van der Waals surface area contributed by atoms with E-state index in [1.54, 1.807) is 6.07 Å². The summed E-state index contributed by atoms with van der Waals surface area (Å²) in [6, 6.07) is 3.32. The molecule has 2 rings (SSSR count). The highest BCUT2D eigenvalue weighted by molar-refractivity contribution is 6.34. The number of nitrogens with zero attached hydrogens (tertiary/aromatic N) is 1. The summed E-state index contributed by atoms with van der Waals surface area (Å²) >= 11 is 5.97. The molecule has 7 nitrogen and oxygen atoms in total. The van der Waals surface area contributed by atoms with Crippen molar-refractivity contribution in [1.82, 2.24) is 10.6 Å². The van der Waals surface area contributed by atoms with Gasteiger partial charge in [0.2, 0.25) is 0 Å². The summed E-state index contributed by atoms with van der Waals surface area (Å²) in [6.45, 7) is 2.37. The quantitative estimate of drug-likeness (QED) is 0.774. The van der Waals surface area contributed by atoms with Crippen molar-refractivity contribution >= 4 is 35.2 Å². The lowest BCUT2D eigenvalue weighted by atomic mass is 10.1. The molecular formula is C13H14ClN3O4. The van der Waals surface area contributed by atoms with Gasteiger partial charge in [-0.15, -0.1) is 0 Å². The molecule has 3 N–H and O–H groups in total. The van der Waals surface area contributed by atoms with E-state index in [-0.39, 0.29) is 16.6 Å². The Morgan fingerprint density at radius 2 is 2.19 bits per heavy atom. The number of carboxylic acid groups (broad SMARTS) is 1. The lowest BCUT2D eigenvalue weighted by Crippen LogP contribution is -2.38.